The van der Waals surface area contributed by atoms with Crippen LogP contribution in [0.5, 0.6) is 0 Å². The second kappa shape index (κ2) is 7.87. The van der Waals surface area contributed by atoms with Crippen molar-refractivity contribution in [2.24, 2.45) is 5.92 Å². The zero-order chi connectivity index (χ0) is 15.3. The van der Waals surface area contributed by atoms with E-state index in [1.165, 1.54) is 0 Å². The molecule has 2 fully saturated rings. The molecular formula is C14H29N3O3S. The van der Waals surface area contributed by atoms with E-state index in [1.54, 1.807) is 15.7 Å². The largest absolute Gasteiger partial charge is 0.381 e. The van der Waals surface area contributed by atoms with Crippen molar-refractivity contribution in [1.29, 1.82) is 0 Å². The molecule has 0 radical (unpaired) electrons. The van der Waals surface area contributed by atoms with Crippen LogP contribution >= 0.6 is 0 Å². The smallest absolute Gasteiger partial charge is 0.281 e. The molecule has 21 heavy (non-hydrogen) atoms. The first kappa shape index (κ1) is 17.1. The van der Waals surface area contributed by atoms with E-state index in [2.05, 4.69) is 12.2 Å². The Labute approximate surface area is 129 Å². The van der Waals surface area contributed by atoms with Crippen molar-refractivity contribution < 1.29 is 13.2 Å². The topological polar surface area (TPSA) is 61.9 Å². The fourth-order valence-corrected chi connectivity index (χ4v) is 4.83. The van der Waals surface area contributed by atoms with E-state index in [0.717, 1.165) is 38.8 Å². The molecule has 2 aliphatic rings. The minimum absolute atomic E-state index is 0.210. The molecule has 2 saturated heterocycles. The first-order chi connectivity index (χ1) is 10.1. The minimum atomic E-state index is -3.27. The highest BCUT2D eigenvalue weighted by molar-refractivity contribution is 7.86. The average molecular weight is 319 g/mol. The average Bonchev–Trinajstić information content (AvgIpc) is 2.53. The summed E-state index contributed by atoms with van der Waals surface area (Å²) < 4.78 is 33.9. The normalized spacial score (nSPS) is 24.5. The summed E-state index contributed by atoms with van der Waals surface area (Å²) in [7, 11) is -1.57. The Morgan fingerprint density at radius 3 is 2.05 bits per heavy atom. The lowest BCUT2D eigenvalue weighted by molar-refractivity contribution is 0.0587. The molecule has 6 nitrogen and oxygen atoms in total. The first-order valence-corrected chi connectivity index (χ1v) is 9.46. The van der Waals surface area contributed by atoms with Crippen molar-refractivity contribution >= 4 is 10.2 Å². The van der Waals surface area contributed by atoms with Crippen LogP contribution < -0.4 is 5.32 Å². The van der Waals surface area contributed by atoms with Crippen molar-refractivity contribution in [2.75, 3.05) is 46.4 Å². The van der Waals surface area contributed by atoms with Crippen molar-refractivity contribution in [3.63, 3.8) is 0 Å². The van der Waals surface area contributed by atoms with E-state index in [-0.39, 0.29) is 6.10 Å². The highest BCUT2D eigenvalue weighted by Crippen LogP contribution is 2.23. The molecule has 2 aliphatic heterocycles. The van der Waals surface area contributed by atoms with Crippen LogP contribution in [0, 0.1) is 5.92 Å². The van der Waals surface area contributed by atoms with Gasteiger partial charge in [0.1, 0.15) is 0 Å². The fourth-order valence-electron chi connectivity index (χ4n) is 3.15. The van der Waals surface area contributed by atoms with Gasteiger partial charge in [0.15, 0.2) is 0 Å². The van der Waals surface area contributed by atoms with Gasteiger partial charge in [-0.3, -0.25) is 0 Å². The van der Waals surface area contributed by atoms with E-state index in [1.807, 2.05) is 0 Å². The van der Waals surface area contributed by atoms with Gasteiger partial charge in [-0.2, -0.15) is 17.0 Å². The van der Waals surface area contributed by atoms with Crippen molar-refractivity contribution in [1.82, 2.24) is 13.9 Å². The van der Waals surface area contributed by atoms with Gasteiger partial charge in [-0.05, 0) is 44.7 Å². The summed E-state index contributed by atoms with van der Waals surface area (Å²) in [6.07, 6.45) is 3.73. The Hall–Kier alpha value is -0.210. The van der Waals surface area contributed by atoms with Crippen molar-refractivity contribution in [3.8, 4) is 0 Å². The third-order valence-corrected chi connectivity index (χ3v) is 6.68. The SMILES string of the molecule is CCNCC1CCN(S(=O)(=O)N2CCC(OC)CC2)CC1. The summed E-state index contributed by atoms with van der Waals surface area (Å²) >= 11 is 0. The van der Waals surface area contributed by atoms with Crippen LogP contribution in [0.3, 0.4) is 0 Å². The van der Waals surface area contributed by atoms with Crippen LogP contribution in [-0.2, 0) is 14.9 Å². The van der Waals surface area contributed by atoms with Gasteiger partial charge in [0, 0.05) is 33.3 Å². The maximum atomic E-state index is 12.7. The second-order valence-electron chi connectivity index (χ2n) is 5.99. The Balaban J connectivity index is 1.84. The Kier molecular flexibility index (Phi) is 6.43. The molecule has 0 unspecified atom stereocenters. The van der Waals surface area contributed by atoms with Crippen LogP contribution in [-0.4, -0.2) is 69.5 Å². The van der Waals surface area contributed by atoms with E-state index in [0.29, 0.717) is 32.1 Å². The zero-order valence-corrected chi connectivity index (χ0v) is 14.1. The predicted molar refractivity (Wildman–Crippen MR) is 83.4 cm³/mol. The van der Waals surface area contributed by atoms with Gasteiger partial charge < -0.3 is 10.1 Å². The minimum Gasteiger partial charge on any atom is -0.381 e. The molecule has 0 aromatic carbocycles. The van der Waals surface area contributed by atoms with Gasteiger partial charge in [0.05, 0.1) is 6.10 Å². The number of piperidine rings is 2. The molecule has 0 atom stereocenters. The summed E-state index contributed by atoms with van der Waals surface area (Å²) in [5, 5.41) is 3.35. The lowest BCUT2D eigenvalue weighted by atomic mass is 9.98. The quantitative estimate of drug-likeness (QED) is 0.781. The summed E-state index contributed by atoms with van der Waals surface area (Å²) in [6, 6.07) is 0. The summed E-state index contributed by atoms with van der Waals surface area (Å²) in [6.45, 7) is 6.56. The molecule has 0 bridgehead atoms. The number of methoxy groups -OCH3 is 1. The highest BCUT2D eigenvalue weighted by Gasteiger charge is 2.34. The molecule has 2 rings (SSSR count). The lowest BCUT2D eigenvalue weighted by Crippen LogP contribution is -2.50. The van der Waals surface area contributed by atoms with Gasteiger partial charge in [-0.1, -0.05) is 6.92 Å². The van der Waals surface area contributed by atoms with Crippen LogP contribution in [0.2, 0.25) is 0 Å². The maximum Gasteiger partial charge on any atom is 0.281 e. The van der Waals surface area contributed by atoms with Gasteiger partial charge in [0.2, 0.25) is 0 Å². The number of nitrogens with zero attached hydrogens (tertiary/aromatic N) is 2. The van der Waals surface area contributed by atoms with Gasteiger partial charge in [-0.25, -0.2) is 0 Å². The van der Waals surface area contributed by atoms with Crippen LogP contribution in [0.4, 0.5) is 0 Å². The third kappa shape index (κ3) is 4.39. The van der Waals surface area contributed by atoms with E-state index >= 15 is 0 Å². The summed E-state index contributed by atoms with van der Waals surface area (Å²) in [5.74, 6) is 0.607. The summed E-state index contributed by atoms with van der Waals surface area (Å²) in [5.41, 5.74) is 0. The molecule has 1 N–H and O–H groups in total. The monoisotopic (exact) mass is 319 g/mol. The number of hydrogen-bond donors (Lipinski definition) is 1. The van der Waals surface area contributed by atoms with Crippen molar-refractivity contribution in [3.05, 3.63) is 0 Å². The Morgan fingerprint density at radius 1 is 1.05 bits per heavy atom. The molecule has 0 aromatic heterocycles. The van der Waals surface area contributed by atoms with E-state index < -0.39 is 10.2 Å². The zero-order valence-electron chi connectivity index (χ0n) is 13.3. The molecule has 0 saturated carbocycles. The molecular weight excluding hydrogens is 290 g/mol. The van der Waals surface area contributed by atoms with Crippen LogP contribution in [0.1, 0.15) is 32.6 Å². The third-order valence-electron chi connectivity index (χ3n) is 4.64. The highest BCUT2D eigenvalue weighted by atomic mass is 32.2. The number of rotatable bonds is 6. The van der Waals surface area contributed by atoms with Gasteiger partial charge >= 0.3 is 0 Å². The van der Waals surface area contributed by atoms with E-state index in [4.69, 9.17) is 4.74 Å². The lowest BCUT2D eigenvalue weighted by Gasteiger charge is -2.37. The van der Waals surface area contributed by atoms with Crippen LogP contribution in [0.25, 0.3) is 0 Å². The maximum absolute atomic E-state index is 12.7. The number of nitrogens with one attached hydrogen (secondary N) is 1. The number of hydrogen-bond acceptors (Lipinski definition) is 4. The van der Waals surface area contributed by atoms with Gasteiger partial charge in [-0.15, -0.1) is 0 Å². The molecule has 2 heterocycles. The molecule has 0 aromatic rings. The number of ether oxygens (including phenoxy) is 1. The van der Waals surface area contributed by atoms with Gasteiger partial charge in [0.25, 0.3) is 10.2 Å². The standard InChI is InChI=1S/C14H29N3O3S/c1-3-15-12-13-4-8-16(9-5-13)21(18,19)17-10-6-14(20-2)7-11-17/h13-15H,3-12H2,1-2H3. The Morgan fingerprint density at radius 2 is 1.57 bits per heavy atom. The summed E-state index contributed by atoms with van der Waals surface area (Å²) in [4.78, 5) is 0. The first-order valence-electron chi connectivity index (χ1n) is 8.06. The molecule has 0 aliphatic carbocycles. The molecule has 124 valence electrons. The molecule has 0 spiro atoms. The predicted octanol–water partition coefficient (Wildman–Crippen LogP) is 0.664. The Bertz CT molecular complexity index is 400. The van der Waals surface area contributed by atoms with Crippen LogP contribution in [0.15, 0.2) is 0 Å². The van der Waals surface area contributed by atoms with Crippen molar-refractivity contribution in [2.45, 2.75) is 38.7 Å². The molecule has 7 heteroatoms. The molecule has 0 amide bonds. The fraction of sp³-hybridized carbons (Fsp3) is 1.00. The second-order valence-corrected chi connectivity index (χ2v) is 7.92. The van der Waals surface area contributed by atoms with E-state index in [9.17, 15) is 8.42 Å².